The van der Waals surface area contributed by atoms with Crippen LogP contribution in [-0.4, -0.2) is 10.8 Å². The van der Waals surface area contributed by atoms with E-state index in [0.717, 1.165) is 42.3 Å². The number of hydrogen-bond donors (Lipinski definition) is 2. The number of fused-ring (bicyclic) bond motifs is 3. The van der Waals surface area contributed by atoms with E-state index in [2.05, 4.69) is 31.4 Å². The van der Waals surface area contributed by atoms with Gasteiger partial charge in [0.15, 0.2) is 0 Å². The summed E-state index contributed by atoms with van der Waals surface area (Å²) in [6.45, 7) is 6.81. The molecular formula is C21H24N3O4S-. The predicted molar refractivity (Wildman–Crippen MR) is 110 cm³/mol. The molecule has 1 aromatic carbocycles. The number of benzene rings is 1. The second kappa shape index (κ2) is 7.02. The van der Waals surface area contributed by atoms with Gasteiger partial charge in [0, 0.05) is 10.9 Å². The van der Waals surface area contributed by atoms with Crippen molar-refractivity contribution in [3.63, 3.8) is 0 Å². The van der Waals surface area contributed by atoms with Gasteiger partial charge in [-0.25, -0.2) is 0 Å². The number of nitrogens with one attached hydrogen (secondary N) is 2. The van der Waals surface area contributed by atoms with Gasteiger partial charge >= 0.3 is 0 Å². The van der Waals surface area contributed by atoms with Crippen molar-refractivity contribution in [2.75, 3.05) is 5.32 Å². The van der Waals surface area contributed by atoms with Gasteiger partial charge in [-0.05, 0) is 36.2 Å². The van der Waals surface area contributed by atoms with Crippen LogP contribution in [0.25, 0.3) is 0 Å². The number of carbonyl (C=O) groups excluding carboxylic acids is 1. The Hall–Kier alpha value is -2.61. The van der Waals surface area contributed by atoms with Crippen molar-refractivity contribution in [1.82, 2.24) is 5.32 Å². The predicted octanol–water partition coefficient (Wildman–Crippen LogP) is 4.13. The van der Waals surface area contributed by atoms with Gasteiger partial charge in [0.1, 0.15) is 11.2 Å². The maximum Gasteiger partial charge on any atom is 0.276 e. The largest absolute Gasteiger partial charge is 0.872 e. The van der Waals surface area contributed by atoms with Crippen LogP contribution in [0.2, 0.25) is 0 Å². The number of nitro benzene ring substituents is 1. The van der Waals surface area contributed by atoms with Crippen molar-refractivity contribution in [1.29, 1.82) is 0 Å². The average molecular weight is 415 g/mol. The molecule has 2 atom stereocenters. The highest BCUT2D eigenvalue weighted by molar-refractivity contribution is 7.16. The monoisotopic (exact) mass is 414 g/mol. The minimum Gasteiger partial charge on any atom is -0.872 e. The first kappa shape index (κ1) is 19.7. The lowest BCUT2D eigenvalue weighted by Crippen LogP contribution is -2.38. The number of rotatable bonds is 4. The Morgan fingerprint density at radius 2 is 2.07 bits per heavy atom. The Morgan fingerprint density at radius 1 is 1.31 bits per heavy atom. The molecule has 29 heavy (non-hydrogen) atoms. The number of nitro groups is 1. The minimum atomic E-state index is -0.799. The molecule has 0 fully saturated rings. The van der Waals surface area contributed by atoms with Gasteiger partial charge in [-0.1, -0.05) is 39.3 Å². The Balaban J connectivity index is 1.68. The van der Waals surface area contributed by atoms with Crippen molar-refractivity contribution in [3.05, 3.63) is 49.9 Å². The van der Waals surface area contributed by atoms with E-state index in [4.69, 9.17) is 0 Å². The Labute approximate surface area is 173 Å². The van der Waals surface area contributed by atoms with Crippen LogP contribution in [0.5, 0.6) is 5.75 Å². The van der Waals surface area contributed by atoms with E-state index in [1.165, 1.54) is 17.0 Å². The quantitative estimate of drug-likeness (QED) is 0.578. The molecule has 2 N–H and O–H groups in total. The fourth-order valence-electron chi connectivity index (χ4n) is 4.34. The molecule has 2 aromatic rings. The Bertz CT molecular complexity index is 998. The van der Waals surface area contributed by atoms with E-state index in [0.29, 0.717) is 11.5 Å². The number of nitrogens with zero attached hydrogens (tertiary/aromatic N) is 1. The molecule has 2 heterocycles. The molecule has 0 radical (unpaired) electrons. The normalized spacial score (nSPS) is 21.0. The second-order valence-corrected chi connectivity index (χ2v) is 9.62. The van der Waals surface area contributed by atoms with E-state index in [1.54, 1.807) is 11.3 Å². The molecule has 0 spiro atoms. The molecule has 7 nitrogen and oxygen atoms in total. The van der Waals surface area contributed by atoms with E-state index < -0.39 is 11.1 Å². The molecule has 1 amide bonds. The van der Waals surface area contributed by atoms with Crippen molar-refractivity contribution < 1.29 is 14.8 Å². The zero-order valence-corrected chi connectivity index (χ0v) is 17.5. The van der Waals surface area contributed by atoms with Gasteiger partial charge in [0.2, 0.25) is 0 Å². The summed E-state index contributed by atoms with van der Waals surface area (Å²) < 4.78 is 0. The van der Waals surface area contributed by atoms with Gasteiger partial charge in [-0.15, -0.1) is 17.1 Å². The number of carbonyl (C=O) groups is 1. The maximum atomic E-state index is 12.9. The van der Waals surface area contributed by atoms with E-state index >= 15 is 0 Å². The zero-order chi connectivity index (χ0) is 20.9. The van der Waals surface area contributed by atoms with Crippen LogP contribution >= 0.6 is 11.3 Å². The van der Waals surface area contributed by atoms with E-state index in [1.807, 2.05) is 0 Å². The van der Waals surface area contributed by atoms with E-state index in [-0.39, 0.29) is 28.3 Å². The number of amides is 1. The molecule has 0 saturated carbocycles. The Morgan fingerprint density at radius 3 is 2.76 bits per heavy atom. The molecule has 0 saturated heterocycles. The third-order valence-electron chi connectivity index (χ3n) is 6.57. The molecule has 0 bridgehead atoms. The molecule has 1 aliphatic carbocycles. The highest BCUT2D eigenvalue weighted by Crippen LogP contribution is 2.47. The third kappa shape index (κ3) is 3.35. The summed E-state index contributed by atoms with van der Waals surface area (Å²) in [7, 11) is 0. The molecule has 154 valence electrons. The highest BCUT2D eigenvalue weighted by atomic mass is 32.1. The van der Waals surface area contributed by atoms with Crippen molar-refractivity contribution in [2.24, 2.45) is 11.3 Å². The fourth-order valence-corrected chi connectivity index (χ4v) is 5.69. The molecule has 0 unspecified atom stereocenters. The van der Waals surface area contributed by atoms with Crippen LogP contribution in [0.15, 0.2) is 18.2 Å². The summed E-state index contributed by atoms with van der Waals surface area (Å²) in [5.41, 5.74) is 2.00. The van der Waals surface area contributed by atoms with Crippen LogP contribution in [0.3, 0.4) is 0 Å². The van der Waals surface area contributed by atoms with Crippen molar-refractivity contribution >= 4 is 27.9 Å². The van der Waals surface area contributed by atoms with Gasteiger partial charge in [-0.2, -0.15) is 0 Å². The summed E-state index contributed by atoms with van der Waals surface area (Å²) >= 11 is 1.57. The summed E-state index contributed by atoms with van der Waals surface area (Å²) in [6.07, 6.45) is 3.17. The molecule has 2 aliphatic rings. The lowest BCUT2D eigenvalue weighted by Gasteiger charge is -2.36. The van der Waals surface area contributed by atoms with Gasteiger partial charge in [0.25, 0.3) is 11.6 Å². The Kier molecular flexibility index (Phi) is 4.77. The minimum absolute atomic E-state index is 0.179. The standard InChI is InChI=1S/C21H25N3O4S/c1-4-21(2,3)11-5-7-13-16(9-11)29-20-17(13)19(26)22-18(23-20)14-10-12(25)6-8-15(14)24(27)28/h6,8,10-11,18,23,25H,4-5,7,9H2,1-3H3,(H,22,26)/p-1/t11-,18+/m0/s1. The van der Waals surface area contributed by atoms with Crippen LogP contribution in [0.4, 0.5) is 10.7 Å². The molecule has 1 aromatic heterocycles. The summed E-state index contributed by atoms with van der Waals surface area (Å²) in [6, 6.07) is 3.57. The first-order chi connectivity index (χ1) is 13.7. The van der Waals surface area contributed by atoms with E-state index in [9.17, 15) is 20.0 Å². The fraction of sp³-hybridized carbons (Fsp3) is 0.476. The van der Waals surface area contributed by atoms with Crippen molar-refractivity contribution in [3.8, 4) is 5.75 Å². The lowest BCUT2D eigenvalue weighted by molar-refractivity contribution is -0.386. The third-order valence-corrected chi connectivity index (χ3v) is 7.75. The van der Waals surface area contributed by atoms with Crippen LogP contribution < -0.4 is 15.7 Å². The summed E-state index contributed by atoms with van der Waals surface area (Å²) in [5.74, 6) is -0.000181. The average Bonchev–Trinajstić information content (AvgIpc) is 3.05. The zero-order valence-electron chi connectivity index (χ0n) is 16.7. The van der Waals surface area contributed by atoms with Crippen LogP contribution in [0, 0.1) is 21.4 Å². The molecule has 4 rings (SSSR count). The first-order valence-corrected chi connectivity index (χ1v) is 10.7. The van der Waals surface area contributed by atoms with Crippen LogP contribution in [0.1, 0.15) is 66.1 Å². The number of thiophene rings is 1. The van der Waals surface area contributed by atoms with Crippen LogP contribution in [-0.2, 0) is 12.8 Å². The summed E-state index contributed by atoms with van der Waals surface area (Å²) in [4.78, 5) is 25.0. The van der Waals surface area contributed by atoms with Gasteiger partial charge < -0.3 is 15.7 Å². The first-order valence-electron chi connectivity index (χ1n) is 9.88. The molecular weight excluding hydrogens is 390 g/mol. The smallest absolute Gasteiger partial charge is 0.276 e. The molecule has 1 aliphatic heterocycles. The van der Waals surface area contributed by atoms with Crippen molar-refractivity contribution in [2.45, 2.75) is 52.6 Å². The van der Waals surface area contributed by atoms with Gasteiger partial charge in [-0.3, -0.25) is 14.9 Å². The topological polar surface area (TPSA) is 107 Å². The van der Waals surface area contributed by atoms with Gasteiger partial charge in [0.05, 0.1) is 16.1 Å². The number of hydrogen-bond acceptors (Lipinski definition) is 6. The second-order valence-electron chi connectivity index (χ2n) is 8.52. The highest BCUT2D eigenvalue weighted by Gasteiger charge is 2.38. The number of anilines is 1. The lowest BCUT2D eigenvalue weighted by atomic mass is 9.69. The summed E-state index contributed by atoms with van der Waals surface area (Å²) in [5, 5.41) is 30.0. The maximum absolute atomic E-state index is 12.9. The SMILES string of the molecule is CCC(C)(C)[C@H]1CCc2c(sc3c2C(=O)N[C@@H](c2cc([O-])ccc2[N+](=O)[O-])N3)C1. The molecule has 8 heteroatoms.